The molecule has 0 atom stereocenters. The second-order valence-electron chi connectivity index (χ2n) is 3.96. The lowest BCUT2D eigenvalue weighted by molar-refractivity contribution is 0.0595. The lowest BCUT2D eigenvalue weighted by atomic mass is 10.1. The Bertz CT molecular complexity index is 717. The highest BCUT2D eigenvalue weighted by Crippen LogP contribution is 2.29. The summed E-state index contributed by atoms with van der Waals surface area (Å²) in [4.78, 5) is 23.6. The SMILES string of the molecule is COC(=O)c1c(O)c2cc(OC)ccc2n(C)c1=O. The van der Waals surface area contributed by atoms with Crippen molar-refractivity contribution in [1.29, 1.82) is 0 Å². The average Bonchev–Trinajstić information content (AvgIpc) is 2.44. The third-order valence-corrected chi connectivity index (χ3v) is 2.97. The number of hydrogen-bond donors (Lipinski definition) is 1. The summed E-state index contributed by atoms with van der Waals surface area (Å²) in [6.07, 6.45) is 0. The topological polar surface area (TPSA) is 77.8 Å². The van der Waals surface area contributed by atoms with Gasteiger partial charge in [-0.2, -0.15) is 0 Å². The molecular weight excluding hydrogens is 250 g/mol. The highest BCUT2D eigenvalue weighted by Gasteiger charge is 2.21. The van der Waals surface area contributed by atoms with Crippen molar-refractivity contribution in [2.45, 2.75) is 0 Å². The summed E-state index contributed by atoms with van der Waals surface area (Å²) in [7, 11) is 4.15. The van der Waals surface area contributed by atoms with Crippen LogP contribution in [0.4, 0.5) is 0 Å². The van der Waals surface area contributed by atoms with Crippen LogP contribution in [0.25, 0.3) is 10.9 Å². The van der Waals surface area contributed by atoms with Crippen LogP contribution in [0.1, 0.15) is 10.4 Å². The molecule has 0 radical (unpaired) electrons. The summed E-state index contributed by atoms with van der Waals surface area (Å²) in [6, 6.07) is 4.85. The maximum Gasteiger partial charge on any atom is 0.347 e. The van der Waals surface area contributed by atoms with Gasteiger partial charge >= 0.3 is 5.97 Å². The van der Waals surface area contributed by atoms with Gasteiger partial charge in [-0.25, -0.2) is 4.79 Å². The molecule has 1 heterocycles. The van der Waals surface area contributed by atoms with Gasteiger partial charge in [0.1, 0.15) is 11.5 Å². The number of pyridine rings is 1. The minimum absolute atomic E-state index is 0.349. The summed E-state index contributed by atoms with van der Waals surface area (Å²) >= 11 is 0. The van der Waals surface area contributed by atoms with Gasteiger partial charge in [0.2, 0.25) is 0 Å². The average molecular weight is 263 g/mol. The molecule has 1 aromatic heterocycles. The first kappa shape index (κ1) is 12.9. The van der Waals surface area contributed by atoms with E-state index < -0.39 is 17.3 Å². The van der Waals surface area contributed by atoms with Gasteiger partial charge in [-0.1, -0.05) is 0 Å². The van der Waals surface area contributed by atoms with Gasteiger partial charge in [-0.15, -0.1) is 0 Å². The van der Waals surface area contributed by atoms with Gasteiger partial charge in [0.25, 0.3) is 5.56 Å². The summed E-state index contributed by atoms with van der Waals surface area (Å²) < 4.78 is 10.9. The molecule has 0 saturated carbocycles. The summed E-state index contributed by atoms with van der Waals surface area (Å²) in [5, 5.41) is 10.5. The Morgan fingerprint density at radius 3 is 2.58 bits per heavy atom. The molecule has 0 saturated heterocycles. The third kappa shape index (κ3) is 1.91. The lowest BCUT2D eigenvalue weighted by Gasteiger charge is -2.11. The van der Waals surface area contributed by atoms with Crippen LogP contribution in [0.2, 0.25) is 0 Å². The number of carbonyl (C=O) groups is 1. The van der Waals surface area contributed by atoms with E-state index in [0.717, 1.165) is 7.11 Å². The highest BCUT2D eigenvalue weighted by atomic mass is 16.5. The van der Waals surface area contributed by atoms with E-state index in [2.05, 4.69) is 4.74 Å². The number of nitrogens with zero attached hydrogens (tertiary/aromatic N) is 1. The van der Waals surface area contributed by atoms with E-state index in [1.807, 2.05) is 0 Å². The van der Waals surface area contributed by atoms with E-state index in [1.165, 1.54) is 18.7 Å². The number of methoxy groups -OCH3 is 2. The number of benzene rings is 1. The van der Waals surface area contributed by atoms with Gasteiger partial charge in [0.05, 0.1) is 19.7 Å². The summed E-state index contributed by atoms with van der Waals surface area (Å²) in [5.74, 6) is -0.760. The molecule has 1 N–H and O–H groups in total. The first-order chi connectivity index (χ1) is 9.01. The minimum Gasteiger partial charge on any atom is -0.506 e. The highest BCUT2D eigenvalue weighted by molar-refractivity contribution is 5.99. The van der Waals surface area contributed by atoms with E-state index in [0.29, 0.717) is 16.7 Å². The molecule has 0 spiro atoms. The molecule has 0 fully saturated rings. The standard InChI is InChI=1S/C13H13NO5/c1-14-9-5-4-7(18-2)6-8(9)11(15)10(12(14)16)13(17)19-3/h4-6,15H,1-3H3. The van der Waals surface area contributed by atoms with Gasteiger partial charge in [0.15, 0.2) is 5.56 Å². The van der Waals surface area contributed by atoms with Crippen molar-refractivity contribution < 1.29 is 19.4 Å². The Morgan fingerprint density at radius 1 is 1.32 bits per heavy atom. The zero-order valence-corrected chi connectivity index (χ0v) is 10.8. The molecular formula is C13H13NO5. The van der Waals surface area contributed by atoms with Crippen molar-refractivity contribution in [3.63, 3.8) is 0 Å². The predicted molar refractivity (Wildman–Crippen MR) is 68.7 cm³/mol. The minimum atomic E-state index is -0.872. The third-order valence-electron chi connectivity index (χ3n) is 2.97. The monoisotopic (exact) mass is 263 g/mol. The molecule has 0 aliphatic heterocycles. The Hall–Kier alpha value is -2.50. The first-order valence-electron chi connectivity index (χ1n) is 5.49. The van der Waals surface area contributed by atoms with Crippen LogP contribution in [-0.4, -0.2) is 29.9 Å². The van der Waals surface area contributed by atoms with Crippen LogP contribution in [0.15, 0.2) is 23.0 Å². The number of aryl methyl sites for hydroxylation is 1. The number of hydrogen-bond acceptors (Lipinski definition) is 5. The van der Waals surface area contributed by atoms with Gasteiger partial charge in [0, 0.05) is 12.4 Å². The van der Waals surface area contributed by atoms with E-state index in [1.54, 1.807) is 18.2 Å². The van der Waals surface area contributed by atoms with E-state index in [9.17, 15) is 14.7 Å². The van der Waals surface area contributed by atoms with Crippen molar-refractivity contribution in [3.05, 3.63) is 34.1 Å². The quantitative estimate of drug-likeness (QED) is 0.819. The second-order valence-corrected chi connectivity index (χ2v) is 3.96. The fourth-order valence-electron chi connectivity index (χ4n) is 1.92. The number of fused-ring (bicyclic) bond motifs is 1. The molecule has 0 aliphatic carbocycles. The number of aromatic nitrogens is 1. The first-order valence-corrected chi connectivity index (χ1v) is 5.49. The molecule has 0 bridgehead atoms. The number of aromatic hydroxyl groups is 1. The molecule has 100 valence electrons. The molecule has 0 amide bonds. The van der Waals surface area contributed by atoms with E-state index >= 15 is 0 Å². The van der Waals surface area contributed by atoms with Crippen molar-refractivity contribution in [2.24, 2.45) is 7.05 Å². The van der Waals surface area contributed by atoms with Crippen LogP contribution in [0.3, 0.4) is 0 Å². The fraction of sp³-hybridized carbons (Fsp3) is 0.231. The molecule has 2 aromatic rings. The van der Waals surface area contributed by atoms with Crippen LogP contribution in [-0.2, 0) is 11.8 Å². The summed E-state index contributed by atoms with van der Waals surface area (Å²) in [5.41, 5.74) is -0.497. The molecule has 19 heavy (non-hydrogen) atoms. The van der Waals surface area contributed by atoms with Gasteiger partial charge < -0.3 is 19.1 Å². The predicted octanol–water partition coefficient (Wildman–Crippen LogP) is 1.04. The van der Waals surface area contributed by atoms with Crippen molar-refractivity contribution in [2.75, 3.05) is 14.2 Å². The number of rotatable bonds is 2. The van der Waals surface area contributed by atoms with Crippen molar-refractivity contribution in [3.8, 4) is 11.5 Å². The molecule has 1 aromatic carbocycles. The molecule has 6 heteroatoms. The normalized spacial score (nSPS) is 10.5. The zero-order valence-electron chi connectivity index (χ0n) is 10.8. The number of ether oxygens (including phenoxy) is 2. The zero-order chi connectivity index (χ0) is 14.2. The Labute approximate surface area is 108 Å². The Kier molecular flexibility index (Phi) is 3.16. The smallest absolute Gasteiger partial charge is 0.347 e. The van der Waals surface area contributed by atoms with Crippen LogP contribution < -0.4 is 10.3 Å². The van der Waals surface area contributed by atoms with E-state index in [-0.39, 0.29) is 5.56 Å². The Morgan fingerprint density at radius 2 is 2.00 bits per heavy atom. The van der Waals surface area contributed by atoms with Crippen LogP contribution in [0.5, 0.6) is 11.5 Å². The lowest BCUT2D eigenvalue weighted by Crippen LogP contribution is -2.25. The molecule has 2 rings (SSSR count). The molecule has 6 nitrogen and oxygen atoms in total. The maximum absolute atomic E-state index is 12.0. The largest absolute Gasteiger partial charge is 0.506 e. The number of esters is 1. The fourth-order valence-corrected chi connectivity index (χ4v) is 1.92. The van der Waals surface area contributed by atoms with Gasteiger partial charge in [-0.3, -0.25) is 4.79 Å². The Balaban J connectivity index is 2.93. The maximum atomic E-state index is 12.0. The van der Waals surface area contributed by atoms with Gasteiger partial charge in [-0.05, 0) is 18.2 Å². The van der Waals surface area contributed by atoms with Crippen molar-refractivity contribution >= 4 is 16.9 Å². The van der Waals surface area contributed by atoms with Crippen molar-refractivity contribution in [1.82, 2.24) is 4.57 Å². The summed E-state index contributed by atoms with van der Waals surface area (Å²) in [6.45, 7) is 0. The van der Waals surface area contributed by atoms with E-state index in [4.69, 9.17) is 4.74 Å². The molecule has 0 aliphatic rings. The number of carbonyl (C=O) groups excluding carboxylic acids is 1. The molecule has 0 unspecified atom stereocenters. The second kappa shape index (κ2) is 4.64. The van der Waals surface area contributed by atoms with Crippen LogP contribution >= 0.6 is 0 Å². The van der Waals surface area contributed by atoms with Crippen LogP contribution in [0, 0.1) is 0 Å².